The molecule has 0 saturated carbocycles. The topological polar surface area (TPSA) is 26.3 Å². The molecule has 0 aliphatic carbocycles. The quantitative estimate of drug-likeness (QED) is 0.454. The molecule has 3 aromatic carbocycles. The second-order valence-electron chi connectivity index (χ2n) is 9.79. The zero-order chi connectivity index (χ0) is 21.8. The SMILES string of the molecule is CC(C)(C)CC(C)(C)C(=O)[O][Sn]([c]1ccccc1)([c]1ccccc1)[c]1ccccc1. The van der Waals surface area contributed by atoms with Crippen LogP contribution in [-0.2, 0) is 7.87 Å². The molecule has 0 N–H and O–H groups in total. The summed E-state index contributed by atoms with van der Waals surface area (Å²) < 4.78 is 10.2. The Morgan fingerprint density at radius 2 is 1.00 bits per heavy atom. The van der Waals surface area contributed by atoms with Gasteiger partial charge in [0.1, 0.15) is 0 Å². The molecule has 0 atom stereocenters. The summed E-state index contributed by atoms with van der Waals surface area (Å²) in [4.78, 5) is 13.7. The molecule has 3 heteroatoms. The van der Waals surface area contributed by atoms with E-state index in [0.29, 0.717) is 0 Å². The third-order valence-electron chi connectivity index (χ3n) is 5.31. The maximum absolute atomic E-state index is 13.7. The van der Waals surface area contributed by atoms with Gasteiger partial charge in [-0.05, 0) is 0 Å². The predicted octanol–water partition coefficient (Wildman–Crippen LogP) is 4.66. The van der Waals surface area contributed by atoms with Crippen LogP contribution in [0.2, 0.25) is 0 Å². The molecule has 3 aromatic rings. The summed E-state index contributed by atoms with van der Waals surface area (Å²) in [6.07, 6.45) is 0.763. The molecule has 0 radical (unpaired) electrons. The van der Waals surface area contributed by atoms with Gasteiger partial charge < -0.3 is 0 Å². The van der Waals surface area contributed by atoms with Crippen molar-refractivity contribution >= 4 is 35.5 Å². The first-order chi connectivity index (χ1) is 14.2. The zero-order valence-corrected chi connectivity index (χ0v) is 21.5. The van der Waals surface area contributed by atoms with Crippen molar-refractivity contribution in [3.8, 4) is 0 Å². The molecule has 0 saturated heterocycles. The number of hydrogen-bond acceptors (Lipinski definition) is 2. The van der Waals surface area contributed by atoms with Crippen LogP contribution in [-0.4, -0.2) is 24.8 Å². The minimum absolute atomic E-state index is 0.0347. The van der Waals surface area contributed by atoms with Crippen molar-refractivity contribution in [3.05, 3.63) is 91.0 Å². The second-order valence-corrected chi connectivity index (χ2v) is 19.2. The van der Waals surface area contributed by atoms with E-state index in [1.54, 1.807) is 0 Å². The van der Waals surface area contributed by atoms with E-state index in [0.717, 1.165) is 17.2 Å². The molecule has 2 nitrogen and oxygen atoms in total. The van der Waals surface area contributed by atoms with Gasteiger partial charge in [-0.2, -0.15) is 0 Å². The van der Waals surface area contributed by atoms with E-state index in [9.17, 15) is 4.79 Å². The molecule has 30 heavy (non-hydrogen) atoms. The predicted molar refractivity (Wildman–Crippen MR) is 128 cm³/mol. The van der Waals surface area contributed by atoms with Gasteiger partial charge in [-0.3, -0.25) is 0 Å². The van der Waals surface area contributed by atoms with Crippen molar-refractivity contribution in [2.75, 3.05) is 0 Å². The molecule has 156 valence electrons. The Hall–Kier alpha value is -2.07. The average molecular weight is 507 g/mol. The number of carbonyl (C=O) groups is 1. The third kappa shape index (κ3) is 4.97. The summed E-state index contributed by atoms with van der Waals surface area (Å²) in [7, 11) is 0. The van der Waals surface area contributed by atoms with Crippen LogP contribution >= 0.6 is 0 Å². The summed E-state index contributed by atoms with van der Waals surface area (Å²) in [5.41, 5.74) is -0.536. The molecule has 0 heterocycles. The monoisotopic (exact) mass is 508 g/mol. The van der Waals surface area contributed by atoms with Crippen LogP contribution in [0.4, 0.5) is 0 Å². The van der Waals surface area contributed by atoms with Gasteiger partial charge in [0.25, 0.3) is 0 Å². The van der Waals surface area contributed by atoms with Gasteiger partial charge in [-0.25, -0.2) is 0 Å². The van der Waals surface area contributed by atoms with Crippen molar-refractivity contribution in [1.82, 2.24) is 0 Å². The zero-order valence-electron chi connectivity index (χ0n) is 18.7. The van der Waals surface area contributed by atoms with Crippen LogP contribution in [0, 0.1) is 10.8 Å². The van der Waals surface area contributed by atoms with Crippen molar-refractivity contribution in [1.29, 1.82) is 0 Å². The fourth-order valence-electron chi connectivity index (χ4n) is 4.37. The second kappa shape index (κ2) is 8.97. The molecule has 0 aliphatic heterocycles. The van der Waals surface area contributed by atoms with Gasteiger partial charge in [0.15, 0.2) is 0 Å². The summed E-state index contributed by atoms with van der Waals surface area (Å²) in [5.74, 6) is -0.107. The van der Waals surface area contributed by atoms with Crippen LogP contribution in [0.5, 0.6) is 0 Å². The fraction of sp³-hybridized carbons (Fsp3) is 0.296. The van der Waals surface area contributed by atoms with Gasteiger partial charge in [-0.1, -0.05) is 0 Å². The molecule has 3 rings (SSSR count). The molecule has 0 amide bonds. The Morgan fingerprint density at radius 1 is 0.667 bits per heavy atom. The Labute approximate surface area is 185 Å². The first-order valence-electron chi connectivity index (χ1n) is 10.6. The van der Waals surface area contributed by atoms with Crippen LogP contribution in [0.15, 0.2) is 91.0 Å². The van der Waals surface area contributed by atoms with Crippen molar-refractivity contribution < 1.29 is 7.87 Å². The van der Waals surface area contributed by atoms with Gasteiger partial charge in [0.05, 0.1) is 0 Å². The van der Waals surface area contributed by atoms with E-state index >= 15 is 0 Å². The van der Waals surface area contributed by atoms with Crippen LogP contribution in [0.3, 0.4) is 0 Å². The normalized spacial score (nSPS) is 12.4. The average Bonchev–Trinajstić information content (AvgIpc) is 2.72. The molecule has 0 bridgehead atoms. The first kappa shape index (κ1) is 22.6. The molecule has 0 aliphatic rings. The molecule has 0 unspecified atom stereocenters. The first-order valence-corrected chi connectivity index (χ1v) is 16.0. The fourth-order valence-corrected chi connectivity index (χ4v) is 15.5. The van der Waals surface area contributed by atoms with E-state index < -0.39 is 24.2 Å². The van der Waals surface area contributed by atoms with Crippen molar-refractivity contribution in [2.45, 2.75) is 41.0 Å². The van der Waals surface area contributed by atoms with Gasteiger partial charge >= 0.3 is 186 Å². The summed E-state index contributed by atoms with van der Waals surface area (Å²) in [5, 5.41) is 0. The molecule has 0 spiro atoms. The Kier molecular flexibility index (Phi) is 6.76. The maximum atomic E-state index is 13.7. The summed E-state index contributed by atoms with van der Waals surface area (Å²) in [6, 6.07) is 31.1. The Bertz CT molecular complexity index is 861. The standard InChI is InChI=1S/C9H18O2.3C6H5.Sn/c1-8(2,3)6-9(4,5)7(10)11;3*1-2-4-6-5-3-1;/h6H2,1-5H3,(H,10,11);3*1-5H;/q;;;;+1/p-1. The molecular formula is C27H32O2Sn. The van der Waals surface area contributed by atoms with E-state index in [4.69, 9.17) is 3.07 Å². The van der Waals surface area contributed by atoms with Crippen molar-refractivity contribution in [2.24, 2.45) is 10.8 Å². The van der Waals surface area contributed by atoms with Crippen LogP contribution < -0.4 is 10.7 Å². The molecular weight excluding hydrogens is 475 g/mol. The third-order valence-corrected chi connectivity index (χ3v) is 16.5. The van der Waals surface area contributed by atoms with E-state index in [1.807, 2.05) is 68.4 Å². The summed E-state index contributed by atoms with van der Waals surface area (Å²) >= 11 is -4.05. The van der Waals surface area contributed by atoms with E-state index in [-0.39, 0.29) is 11.4 Å². The van der Waals surface area contributed by atoms with Gasteiger partial charge in [-0.15, -0.1) is 0 Å². The number of rotatable bonds is 6. The minimum atomic E-state index is -4.05. The Morgan fingerprint density at radius 3 is 1.30 bits per heavy atom. The Balaban J connectivity index is 2.20. The number of hydrogen-bond donors (Lipinski definition) is 0. The van der Waals surface area contributed by atoms with Crippen LogP contribution in [0.1, 0.15) is 41.0 Å². The van der Waals surface area contributed by atoms with E-state index in [2.05, 4.69) is 57.2 Å². The summed E-state index contributed by atoms with van der Waals surface area (Å²) in [6.45, 7) is 10.5. The molecule has 0 fully saturated rings. The van der Waals surface area contributed by atoms with Crippen molar-refractivity contribution in [3.63, 3.8) is 0 Å². The van der Waals surface area contributed by atoms with Gasteiger partial charge in [0, 0.05) is 0 Å². The number of carbonyl (C=O) groups excluding carboxylic acids is 1. The van der Waals surface area contributed by atoms with E-state index in [1.165, 1.54) is 0 Å². The number of benzene rings is 3. The molecule has 0 aromatic heterocycles. The van der Waals surface area contributed by atoms with Gasteiger partial charge in [0.2, 0.25) is 0 Å². The van der Waals surface area contributed by atoms with Crippen LogP contribution in [0.25, 0.3) is 0 Å².